The predicted octanol–water partition coefficient (Wildman–Crippen LogP) is -6.30. The van der Waals surface area contributed by atoms with Crippen LogP contribution in [0.5, 0.6) is 0 Å². The zero-order valence-corrected chi connectivity index (χ0v) is 71.5. The van der Waals surface area contributed by atoms with Gasteiger partial charge in [0.2, 0.25) is 17.7 Å². The molecular weight excluding hydrogens is 1620 g/mol. The van der Waals surface area contributed by atoms with Gasteiger partial charge in [-0.3, -0.25) is 39.1 Å². The zero-order chi connectivity index (χ0) is 84.1. The van der Waals surface area contributed by atoms with Crippen LogP contribution >= 0.6 is 63.7 Å². The number of nitrogens with one attached hydrogen (secondary N) is 4. The van der Waals surface area contributed by atoms with E-state index in [4.69, 9.17) is 166 Å². The van der Waals surface area contributed by atoms with Crippen molar-refractivity contribution in [3.63, 3.8) is 0 Å². The fourth-order valence-corrected chi connectivity index (χ4v) is 13.6. The summed E-state index contributed by atoms with van der Waals surface area (Å²) in [5, 5.41) is 11.3. The molecule has 4 N–H and O–H groups in total. The monoisotopic (exact) mass is 1700 g/mol. The third-order valence-electron chi connectivity index (χ3n) is 19.9. The molecule has 0 spiro atoms. The molecule has 0 unspecified atom stereocenters. The maximum Gasteiger partial charge on any atom is 0.496 e. The number of hydrogen-bond donors (Lipinski definition) is 4. The van der Waals surface area contributed by atoms with E-state index in [2.05, 4.69) is 128 Å². The first kappa shape index (κ1) is 107. The Morgan fingerprint density at radius 2 is 0.812 bits per heavy atom. The minimum atomic E-state index is -1.17. The lowest BCUT2D eigenvalue weighted by Crippen LogP contribution is -2.91. The molecule has 5 saturated heterocycles. The van der Waals surface area contributed by atoms with Crippen LogP contribution in [-0.4, -0.2) is 412 Å². The zero-order valence-electron chi connectivity index (χ0n) is 65.2. The smallest absolute Gasteiger partial charge is 0.400 e. The quantitative estimate of drug-likeness (QED) is 0.0362. The number of aromatic nitrogens is 4. The van der Waals surface area contributed by atoms with E-state index in [9.17, 15) is 14.4 Å². The van der Waals surface area contributed by atoms with Gasteiger partial charge in [0.05, 0.1) is 47.7 Å². The molecule has 0 aliphatic carbocycles. The molecule has 0 aromatic carbocycles. The summed E-state index contributed by atoms with van der Waals surface area (Å²) in [6.45, 7) is 31.7. The Morgan fingerprint density at radius 1 is 0.446 bits per heavy atom. The Hall–Kier alpha value is -1.40. The first-order valence-corrected chi connectivity index (χ1v) is 39.6. The van der Waals surface area contributed by atoms with Crippen LogP contribution in [0.3, 0.4) is 0 Å². The molecule has 38 radical (unpaired) electrons. The molecule has 0 saturated carbocycles. The van der Waals surface area contributed by atoms with Crippen LogP contribution in [0.4, 0.5) is 0 Å². The number of halogens is 4. The van der Waals surface area contributed by atoms with Gasteiger partial charge in [-0.25, -0.2) is 4.98 Å². The molecule has 5 fully saturated rings. The number of rotatable bonds is 25. The van der Waals surface area contributed by atoms with Crippen LogP contribution in [0.15, 0.2) is 110 Å². The van der Waals surface area contributed by atoms with Crippen LogP contribution in [0, 0.1) is 0 Å². The van der Waals surface area contributed by atoms with E-state index in [0.717, 1.165) is 106 Å². The average molecular weight is 1700 g/mol. The third-order valence-corrected chi connectivity index (χ3v) is 21.8. The van der Waals surface area contributed by atoms with Gasteiger partial charge in [-0.05, 0) is 168 Å². The Labute approximate surface area is 737 Å². The van der Waals surface area contributed by atoms with Gasteiger partial charge in [0.15, 0.2) is 0 Å². The van der Waals surface area contributed by atoms with E-state index in [1.807, 2.05) is 110 Å². The second kappa shape index (κ2) is 52.0. The summed E-state index contributed by atoms with van der Waals surface area (Å²) < 4.78 is 27.1. The lowest BCUT2D eigenvalue weighted by Gasteiger charge is -2.53. The molecule has 9 heterocycles. The van der Waals surface area contributed by atoms with Crippen LogP contribution in [0.2, 0.25) is 0 Å². The van der Waals surface area contributed by atoms with Crippen molar-refractivity contribution in [1.29, 1.82) is 0 Å². The number of nitrogens with zero attached hydrogens (tertiary/aromatic N) is 6. The first-order chi connectivity index (χ1) is 51.7. The number of pyridine rings is 4. The first-order valence-electron chi connectivity index (χ1n) is 36.4. The van der Waals surface area contributed by atoms with Gasteiger partial charge in [-0.2, -0.15) is 0 Å². The molecule has 522 valence electrons. The summed E-state index contributed by atoms with van der Waals surface area (Å²) in [4.78, 5) is 54.0. The standard InChI is InChI=1S/C17H26BN3O3.C11H14BrN3O.C8H15BO2.C7H6BrN.C5H3Br2N.C4H8N2O.CH4.B36/c1-16(2)17(3,4)24-18(23-16)13-5-6-14(20-11-13)7-9-21-10-8-19-15(22)12-21;12-9-1-2-10(14-7-9)3-5-15-6-4-13-11(16)8-15;1-6-9-10-7(2,3)8(4,5)11-9;1-2-7-4-3-6(8)5-9-7;6-4-1-2-5(7)8-3-4;7-4-3-5-1-2-6-4;;1-20(2)29(19)34(30(21(3)4)22(5)6)36(33(27(15)16)28(17)18)35(31(23(7)8)24(9)10)32(25(11)12)26(13)14/h5-6,11H,7-10,12H2,1-4H3,(H,19,22);1-2,7H,3-6,8H2,(H,13,16);6H,1H2,2-5H3;2-5H,1H2;1-3H;5H,1-3H2,(H,6,7);1H4;. The fraction of sp³-hybridized carbons (Fsp3) is 0.491. The molecular formula is C53H76B38Br4N10O7. The SMILES string of the molecule is Brc1ccc(Br)nc1.C.C=CB1OC(C)(C)C(C)(C)O1.C=Cc1ccc(Br)cn1.CC1(C)OB(c2ccc(CCN3CCNC(=O)C3)nc2)OC1(C)C.O=C1CN(CCc2ccc(Br)cn2)CCN1.O=C1CNCCN1.[B]B([B])B([B])B(B(B([B])[B])B([B])[B])B(B(B([B])[B])B([B])[B])B(B(B([B])[B])B([B])[B])B(B([B])[B])B([B])[B]. The summed E-state index contributed by atoms with van der Waals surface area (Å²) in [6.07, 6.45) is -7.76. The van der Waals surface area contributed by atoms with Crippen molar-refractivity contribution in [2.75, 3.05) is 72.0 Å². The molecule has 4 aromatic rings. The maximum atomic E-state index is 11.4. The largest absolute Gasteiger partial charge is 0.496 e. The molecule has 112 heavy (non-hydrogen) atoms. The molecule has 5 aliphatic heterocycles. The van der Waals surface area contributed by atoms with E-state index >= 15 is 0 Å². The van der Waals surface area contributed by atoms with Gasteiger partial charge < -0.3 is 39.9 Å². The highest BCUT2D eigenvalue weighted by molar-refractivity contribution is 9.11. The van der Waals surface area contributed by atoms with Crippen LogP contribution in [0.25, 0.3) is 6.08 Å². The molecule has 0 atom stereocenters. The van der Waals surface area contributed by atoms with Crippen LogP contribution < -0.4 is 26.7 Å². The molecule has 5 aliphatic rings. The highest BCUT2D eigenvalue weighted by Gasteiger charge is 2.56. The summed E-state index contributed by atoms with van der Waals surface area (Å²) in [6, 6.07) is 15.7. The number of carbonyl (C=O) groups excluding carboxylic acids is 3. The van der Waals surface area contributed by atoms with E-state index in [0.29, 0.717) is 19.6 Å². The summed E-state index contributed by atoms with van der Waals surface area (Å²) in [5.41, 5.74) is 2.78. The van der Waals surface area contributed by atoms with Crippen molar-refractivity contribution in [3.05, 3.63) is 128 Å². The van der Waals surface area contributed by atoms with Crippen molar-refractivity contribution in [1.82, 2.24) is 51.0 Å². The van der Waals surface area contributed by atoms with Crippen molar-refractivity contribution >= 4 is 363 Å². The van der Waals surface area contributed by atoms with E-state index in [1.165, 1.54) is 0 Å². The third kappa shape index (κ3) is 36.1. The molecule has 59 heteroatoms. The number of carbonyl (C=O) groups is 3. The van der Waals surface area contributed by atoms with E-state index in [1.54, 1.807) is 30.6 Å². The Balaban J connectivity index is 0.000000479. The van der Waals surface area contributed by atoms with Crippen LogP contribution in [0.1, 0.15) is 79.9 Å². The van der Waals surface area contributed by atoms with Crippen molar-refractivity contribution < 1.29 is 33.0 Å². The van der Waals surface area contributed by atoms with Crippen molar-refractivity contribution in [2.24, 2.45) is 0 Å². The molecule has 0 bridgehead atoms. The lowest BCUT2D eigenvalue weighted by molar-refractivity contribution is -0.124. The van der Waals surface area contributed by atoms with Gasteiger partial charge in [-0.15, -0.1) is 6.58 Å². The number of amides is 3. The minimum absolute atomic E-state index is 0. The van der Waals surface area contributed by atoms with Gasteiger partial charge in [-0.1, -0.05) is 26.0 Å². The lowest BCUT2D eigenvalue weighted by atomic mass is 8.29. The Bertz CT molecular complexity index is 3310. The second-order valence-corrected chi connectivity index (χ2v) is 33.1. The van der Waals surface area contributed by atoms with Crippen molar-refractivity contribution in [2.45, 2.75) is 98.1 Å². The predicted molar refractivity (Wildman–Crippen MR) is 526 cm³/mol. The maximum absolute atomic E-state index is 11.4. The number of hydrogen-bond acceptors (Lipinski definition) is 14. The van der Waals surface area contributed by atoms with Gasteiger partial charge in [0, 0.05) is 376 Å². The highest BCUT2D eigenvalue weighted by atomic mass is 79.9. The molecule has 3 amide bonds. The van der Waals surface area contributed by atoms with Crippen LogP contribution in [-0.2, 0) is 45.8 Å². The summed E-state index contributed by atoms with van der Waals surface area (Å²) >= 11 is 13.1. The van der Waals surface area contributed by atoms with Gasteiger partial charge in [0.1, 0.15) is 4.60 Å². The molecule has 9 rings (SSSR count). The Kier molecular flexibility index (Phi) is 49.6. The molecule has 17 nitrogen and oxygen atoms in total. The van der Waals surface area contributed by atoms with E-state index in [-0.39, 0.29) is 61.8 Å². The Morgan fingerprint density at radius 3 is 1.10 bits per heavy atom. The summed E-state index contributed by atoms with van der Waals surface area (Å²) in [5.74, 6) is 2.00. The average Bonchev–Trinajstić information content (AvgIpc) is 0.979. The van der Waals surface area contributed by atoms with Gasteiger partial charge >= 0.3 is 14.2 Å². The van der Waals surface area contributed by atoms with E-state index < -0.39 is 109 Å². The topological polar surface area (TPSA) is 194 Å². The number of piperazine rings is 3. The normalized spacial score (nSPS) is 15.9. The molecule has 4 aromatic heterocycles. The fourth-order valence-electron chi connectivity index (χ4n) is 12.6. The van der Waals surface area contributed by atoms with Gasteiger partial charge in [0.25, 0.3) is 0 Å². The second-order valence-electron chi connectivity index (χ2n) is 29.5. The highest BCUT2D eigenvalue weighted by Crippen LogP contribution is 2.38. The van der Waals surface area contributed by atoms with Crippen molar-refractivity contribution in [3.8, 4) is 0 Å². The minimum Gasteiger partial charge on any atom is -0.400 e. The summed E-state index contributed by atoms with van der Waals surface area (Å²) in [7, 11) is 116.